The quantitative estimate of drug-likeness (QED) is 0.880. The van der Waals surface area contributed by atoms with Crippen LogP contribution in [0, 0.1) is 5.41 Å². The summed E-state index contributed by atoms with van der Waals surface area (Å²) in [5, 5.41) is 12.9. The van der Waals surface area contributed by atoms with Gasteiger partial charge in [-0.2, -0.15) is 4.68 Å². The predicted molar refractivity (Wildman–Crippen MR) is 76.8 cm³/mol. The largest absolute Gasteiger partial charge is 0.340 e. The molecule has 0 bridgehead atoms. The molecular formula is C12H18N6OS. The van der Waals surface area contributed by atoms with E-state index in [9.17, 15) is 4.79 Å². The number of tetrazole rings is 1. The first-order valence-corrected chi connectivity index (χ1v) is 7.09. The van der Waals surface area contributed by atoms with E-state index in [0.717, 1.165) is 0 Å². The van der Waals surface area contributed by atoms with Crippen LogP contribution in [0.25, 0.3) is 5.69 Å². The minimum Gasteiger partial charge on any atom is -0.340 e. The van der Waals surface area contributed by atoms with Crippen LogP contribution in [-0.4, -0.2) is 51.2 Å². The van der Waals surface area contributed by atoms with E-state index in [4.69, 9.17) is 5.73 Å². The molecule has 0 spiro atoms. The van der Waals surface area contributed by atoms with Crippen molar-refractivity contribution in [3.8, 4) is 5.69 Å². The van der Waals surface area contributed by atoms with Crippen LogP contribution < -0.4 is 5.73 Å². The molecule has 8 heteroatoms. The van der Waals surface area contributed by atoms with Crippen LogP contribution >= 0.6 is 11.3 Å². The van der Waals surface area contributed by atoms with E-state index in [2.05, 4.69) is 15.5 Å². The molecular weight excluding hydrogens is 276 g/mol. The second-order valence-corrected chi connectivity index (χ2v) is 6.34. The number of nitrogens with zero attached hydrogens (tertiary/aromatic N) is 5. The summed E-state index contributed by atoms with van der Waals surface area (Å²) in [7, 11) is 1.78. The van der Waals surface area contributed by atoms with Crippen LogP contribution in [0.5, 0.6) is 0 Å². The Bertz CT molecular complexity index is 577. The average Bonchev–Trinajstić information content (AvgIpc) is 3.07. The lowest BCUT2D eigenvalue weighted by atomic mass is 9.93. The topological polar surface area (TPSA) is 89.9 Å². The second kappa shape index (κ2) is 5.68. The summed E-state index contributed by atoms with van der Waals surface area (Å²) in [4.78, 5) is 14.8. The molecule has 20 heavy (non-hydrogen) atoms. The van der Waals surface area contributed by atoms with Crippen LogP contribution in [0.3, 0.4) is 0 Å². The number of rotatable bonds is 5. The SMILES string of the molecule is CN(CC(C)(C)CN)C(=O)c1sccc1-n1cnnn1. The summed E-state index contributed by atoms with van der Waals surface area (Å²) in [6.45, 7) is 5.19. The fourth-order valence-corrected chi connectivity index (χ4v) is 2.74. The summed E-state index contributed by atoms with van der Waals surface area (Å²) in [6.07, 6.45) is 1.47. The first-order valence-electron chi connectivity index (χ1n) is 6.21. The molecule has 0 atom stereocenters. The highest BCUT2D eigenvalue weighted by atomic mass is 32.1. The fraction of sp³-hybridized carbons (Fsp3) is 0.500. The number of hydrogen-bond acceptors (Lipinski definition) is 6. The molecule has 0 unspecified atom stereocenters. The van der Waals surface area contributed by atoms with Gasteiger partial charge in [0, 0.05) is 13.6 Å². The van der Waals surface area contributed by atoms with Crippen molar-refractivity contribution in [3.63, 3.8) is 0 Å². The summed E-state index contributed by atoms with van der Waals surface area (Å²) in [5.41, 5.74) is 6.30. The minimum atomic E-state index is -0.114. The van der Waals surface area contributed by atoms with Crippen molar-refractivity contribution in [3.05, 3.63) is 22.7 Å². The standard InChI is InChI=1S/C12H18N6OS/c1-12(2,6-13)7-17(3)11(19)10-9(4-5-20-10)18-8-14-15-16-18/h4-5,8H,6-7,13H2,1-3H3. The molecule has 0 aliphatic rings. The van der Waals surface area contributed by atoms with Crippen LogP contribution in [0.4, 0.5) is 0 Å². The van der Waals surface area contributed by atoms with Crippen molar-refractivity contribution >= 4 is 17.2 Å². The maximum atomic E-state index is 12.5. The highest BCUT2D eigenvalue weighted by molar-refractivity contribution is 7.12. The third-order valence-corrected chi connectivity index (χ3v) is 3.89. The number of nitrogens with two attached hydrogens (primary N) is 1. The Morgan fingerprint density at radius 1 is 1.55 bits per heavy atom. The van der Waals surface area contributed by atoms with Crippen molar-refractivity contribution in [1.82, 2.24) is 25.1 Å². The maximum absolute atomic E-state index is 12.5. The smallest absolute Gasteiger partial charge is 0.265 e. The molecule has 2 heterocycles. The average molecular weight is 294 g/mol. The minimum absolute atomic E-state index is 0.0491. The number of hydrogen-bond donors (Lipinski definition) is 1. The lowest BCUT2D eigenvalue weighted by Gasteiger charge is -2.28. The predicted octanol–water partition coefficient (Wildman–Crippen LogP) is 0.781. The molecule has 0 saturated heterocycles. The Labute approximate surface area is 121 Å². The normalized spacial score (nSPS) is 11.6. The van der Waals surface area contributed by atoms with Gasteiger partial charge in [0.25, 0.3) is 5.91 Å². The zero-order valence-electron chi connectivity index (χ0n) is 11.8. The van der Waals surface area contributed by atoms with Crippen molar-refractivity contribution in [2.75, 3.05) is 20.1 Å². The first kappa shape index (κ1) is 14.6. The van der Waals surface area contributed by atoms with E-state index in [0.29, 0.717) is 23.7 Å². The molecule has 1 amide bonds. The highest BCUT2D eigenvalue weighted by Gasteiger charge is 2.24. The van der Waals surface area contributed by atoms with E-state index in [1.807, 2.05) is 25.3 Å². The van der Waals surface area contributed by atoms with Gasteiger partial charge >= 0.3 is 0 Å². The van der Waals surface area contributed by atoms with E-state index in [1.165, 1.54) is 22.3 Å². The van der Waals surface area contributed by atoms with Gasteiger partial charge < -0.3 is 10.6 Å². The van der Waals surface area contributed by atoms with E-state index in [-0.39, 0.29) is 11.3 Å². The Kier molecular flexibility index (Phi) is 4.15. The number of carbonyl (C=O) groups excluding carboxylic acids is 1. The van der Waals surface area contributed by atoms with Gasteiger partial charge in [-0.25, -0.2) is 0 Å². The summed E-state index contributed by atoms with van der Waals surface area (Å²) in [5.74, 6) is -0.0491. The molecule has 0 radical (unpaired) electrons. The van der Waals surface area contributed by atoms with Crippen molar-refractivity contribution < 1.29 is 4.79 Å². The Hall–Kier alpha value is -1.80. The molecule has 2 aromatic rings. The first-order chi connectivity index (χ1) is 9.44. The molecule has 2 aromatic heterocycles. The number of aromatic nitrogens is 4. The third kappa shape index (κ3) is 3.02. The van der Waals surface area contributed by atoms with Crippen LogP contribution in [-0.2, 0) is 0 Å². The lowest BCUT2D eigenvalue weighted by molar-refractivity contribution is 0.0745. The molecule has 0 aliphatic heterocycles. The van der Waals surface area contributed by atoms with Gasteiger partial charge in [0.05, 0.1) is 5.69 Å². The van der Waals surface area contributed by atoms with Crippen molar-refractivity contribution in [2.24, 2.45) is 11.1 Å². The van der Waals surface area contributed by atoms with E-state index >= 15 is 0 Å². The molecule has 2 rings (SSSR count). The highest BCUT2D eigenvalue weighted by Crippen LogP contribution is 2.23. The van der Waals surface area contributed by atoms with Gasteiger partial charge in [-0.15, -0.1) is 16.4 Å². The zero-order chi connectivity index (χ0) is 14.8. The van der Waals surface area contributed by atoms with Crippen LogP contribution in [0.15, 0.2) is 17.8 Å². The van der Waals surface area contributed by atoms with Gasteiger partial charge in [0.15, 0.2) is 0 Å². The number of thiophene rings is 1. The summed E-state index contributed by atoms with van der Waals surface area (Å²) in [6, 6.07) is 1.83. The maximum Gasteiger partial charge on any atom is 0.265 e. The fourth-order valence-electron chi connectivity index (χ4n) is 1.87. The number of carbonyl (C=O) groups is 1. The van der Waals surface area contributed by atoms with Gasteiger partial charge in [-0.05, 0) is 33.8 Å². The zero-order valence-corrected chi connectivity index (χ0v) is 12.6. The van der Waals surface area contributed by atoms with Gasteiger partial charge in [0.2, 0.25) is 0 Å². The van der Waals surface area contributed by atoms with Gasteiger partial charge in [-0.1, -0.05) is 13.8 Å². The molecule has 0 fully saturated rings. The second-order valence-electron chi connectivity index (χ2n) is 5.42. The molecule has 0 aromatic carbocycles. The van der Waals surface area contributed by atoms with Crippen molar-refractivity contribution in [1.29, 1.82) is 0 Å². The molecule has 108 valence electrons. The summed E-state index contributed by atoms with van der Waals surface area (Å²) < 4.78 is 1.49. The molecule has 7 nitrogen and oxygen atoms in total. The number of amides is 1. The monoisotopic (exact) mass is 294 g/mol. The van der Waals surface area contributed by atoms with E-state index in [1.54, 1.807) is 11.9 Å². The lowest BCUT2D eigenvalue weighted by Crippen LogP contribution is -2.39. The van der Waals surface area contributed by atoms with Gasteiger partial charge in [-0.3, -0.25) is 4.79 Å². The van der Waals surface area contributed by atoms with Crippen molar-refractivity contribution in [2.45, 2.75) is 13.8 Å². The molecule has 0 aliphatic carbocycles. The van der Waals surface area contributed by atoms with Crippen LogP contribution in [0.2, 0.25) is 0 Å². The van der Waals surface area contributed by atoms with Crippen LogP contribution in [0.1, 0.15) is 23.5 Å². The third-order valence-electron chi connectivity index (χ3n) is 3.00. The summed E-state index contributed by atoms with van der Waals surface area (Å²) >= 11 is 1.38. The van der Waals surface area contributed by atoms with E-state index < -0.39 is 0 Å². The molecule has 0 saturated carbocycles. The van der Waals surface area contributed by atoms with Gasteiger partial charge in [0.1, 0.15) is 11.2 Å². The Morgan fingerprint density at radius 2 is 2.30 bits per heavy atom. The Morgan fingerprint density at radius 3 is 2.90 bits per heavy atom. The molecule has 2 N–H and O–H groups in total. The Balaban J connectivity index is 2.20.